The zero-order valence-electron chi connectivity index (χ0n) is 23.0. The molecule has 3 rings (SSSR count). The molecule has 0 heterocycles. The van der Waals surface area contributed by atoms with E-state index < -0.39 is 11.9 Å². The van der Waals surface area contributed by atoms with Crippen LogP contribution in [-0.2, 0) is 9.53 Å². The lowest BCUT2D eigenvalue weighted by molar-refractivity contribution is -0.137. The van der Waals surface area contributed by atoms with E-state index in [4.69, 9.17) is 18.9 Å². The summed E-state index contributed by atoms with van der Waals surface area (Å²) in [5.41, 5.74) is 1.38. The summed E-state index contributed by atoms with van der Waals surface area (Å²) < 4.78 is 22.3. The molecule has 1 amide bonds. The summed E-state index contributed by atoms with van der Waals surface area (Å²) in [6.07, 6.45) is 5.76. The highest BCUT2D eigenvalue weighted by Gasteiger charge is 2.13. The van der Waals surface area contributed by atoms with Gasteiger partial charge in [0, 0.05) is 16.1 Å². The highest BCUT2D eigenvalue weighted by atomic mass is 79.9. The van der Waals surface area contributed by atoms with Gasteiger partial charge in [-0.25, -0.2) is 9.59 Å². The average molecular weight is 625 g/mol. The van der Waals surface area contributed by atoms with Gasteiger partial charge in [0.15, 0.2) is 0 Å². The maximum atomic E-state index is 12.7. The first-order valence-electron chi connectivity index (χ1n) is 13.5. The lowest BCUT2D eigenvalue weighted by atomic mass is 10.2. The third-order valence-electron chi connectivity index (χ3n) is 5.84. The van der Waals surface area contributed by atoms with Gasteiger partial charge in [0.1, 0.15) is 17.2 Å². The predicted octanol–water partition coefficient (Wildman–Crippen LogP) is 7.38. The fourth-order valence-corrected chi connectivity index (χ4v) is 4.04. The molecule has 0 spiro atoms. The van der Waals surface area contributed by atoms with Gasteiger partial charge in [0.05, 0.1) is 31.1 Å². The van der Waals surface area contributed by atoms with Crippen molar-refractivity contribution < 1.29 is 33.3 Å². The molecule has 216 valence electrons. The topological polar surface area (TPSA) is 100 Å². The Bertz CT molecular complexity index is 1310. The number of carbonyl (C=O) groups is 3. The molecule has 0 saturated heterocycles. The minimum absolute atomic E-state index is 0.303. The number of carbonyl (C=O) groups excluding carboxylic acids is 3. The van der Waals surface area contributed by atoms with E-state index in [2.05, 4.69) is 34.7 Å². The van der Waals surface area contributed by atoms with Crippen molar-refractivity contribution in [2.75, 3.05) is 25.1 Å². The van der Waals surface area contributed by atoms with Crippen molar-refractivity contribution in [2.24, 2.45) is 0 Å². The van der Waals surface area contributed by atoms with Gasteiger partial charge < -0.3 is 24.3 Å². The van der Waals surface area contributed by atoms with E-state index in [9.17, 15) is 14.4 Å². The Morgan fingerprint density at radius 3 is 1.93 bits per heavy atom. The molecule has 3 aromatic rings. The van der Waals surface area contributed by atoms with Crippen LogP contribution in [0.25, 0.3) is 0 Å². The zero-order valence-corrected chi connectivity index (χ0v) is 24.6. The highest BCUT2D eigenvalue weighted by molar-refractivity contribution is 9.10. The first-order valence-corrected chi connectivity index (χ1v) is 14.3. The average Bonchev–Trinajstić information content (AvgIpc) is 2.98. The van der Waals surface area contributed by atoms with Gasteiger partial charge in [-0.2, -0.15) is 0 Å². The Kier molecular flexibility index (Phi) is 12.9. The van der Waals surface area contributed by atoms with Crippen LogP contribution in [0, 0.1) is 0 Å². The molecule has 0 aromatic heterocycles. The minimum atomic E-state index is -0.496. The lowest BCUT2D eigenvalue weighted by Gasteiger charge is -2.11. The maximum Gasteiger partial charge on any atom is 0.343 e. The summed E-state index contributed by atoms with van der Waals surface area (Å²) in [5.74, 6) is 0.439. The van der Waals surface area contributed by atoms with Crippen LogP contribution in [0.15, 0.2) is 83.9 Å². The molecule has 41 heavy (non-hydrogen) atoms. The summed E-state index contributed by atoms with van der Waals surface area (Å²) in [7, 11) is 0. The first kappa shape index (κ1) is 31.4. The van der Waals surface area contributed by atoms with Crippen LogP contribution >= 0.6 is 15.9 Å². The van der Waals surface area contributed by atoms with Crippen LogP contribution in [-0.4, -0.2) is 37.7 Å². The van der Waals surface area contributed by atoms with Gasteiger partial charge in [-0.15, -0.1) is 0 Å². The van der Waals surface area contributed by atoms with Gasteiger partial charge >= 0.3 is 11.9 Å². The molecule has 3 aromatic carbocycles. The van der Waals surface area contributed by atoms with Crippen LogP contribution in [0.5, 0.6) is 17.2 Å². The van der Waals surface area contributed by atoms with Crippen molar-refractivity contribution in [3.8, 4) is 17.2 Å². The van der Waals surface area contributed by atoms with E-state index in [1.807, 2.05) is 0 Å². The van der Waals surface area contributed by atoms with Crippen LogP contribution < -0.4 is 19.5 Å². The minimum Gasteiger partial charge on any atom is -0.494 e. The molecule has 8 nitrogen and oxygen atoms in total. The molecule has 0 aliphatic rings. The quantitative estimate of drug-likeness (QED) is 0.0769. The number of hydrogen-bond donors (Lipinski definition) is 1. The van der Waals surface area contributed by atoms with Crippen molar-refractivity contribution in [2.45, 2.75) is 39.0 Å². The molecule has 1 N–H and O–H groups in total. The molecule has 0 unspecified atom stereocenters. The summed E-state index contributed by atoms with van der Waals surface area (Å²) in [4.78, 5) is 36.3. The standard InChI is InChI=1S/C32H34BrNO7/c1-3-5-6-19-38-26-15-11-24(12-16-26)32(37)41-27-17-18-29(28(33)22-27)34-31(36)23-9-13-25(14-10-23)39-20-7-8-21-40-30(35)4-2/h4,9-18,22H,2-3,5-8,19-21H2,1H3,(H,34,36). The molecule has 0 fully saturated rings. The maximum absolute atomic E-state index is 12.7. The second kappa shape index (κ2) is 16.9. The number of ether oxygens (including phenoxy) is 4. The van der Waals surface area contributed by atoms with Crippen molar-refractivity contribution in [3.05, 3.63) is 95.0 Å². The van der Waals surface area contributed by atoms with Crippen molar-refractivity contribution in [1.82, 2.24) is 0 Å². The second-order valence-electron chi connectivity index (χ2n) is 9.02. The Balaban J connectivity index is 1.46. The van der Waals surface area contributed by atoms with E-state index in [-0.39, 0.29) is 5.91 Å². The molecule has 9 heteroatoms. The largest absolute Gasteiger partial charge is 0.494 e. The molecule has 0 aliphatic heterocycles. The highest BCUT2D eigenvalue weighted by Crippen LogP contribution is 2.28. The van der Waals surface area contributed by atoms with Gasteiger partial charge in [-0.05, 0) is 102 Å². The van der Waals surface area contributed by atoms with Crippen molar-refractivity contribution in [3.63, 3.8) is 0 Å². The fraction of sp³-hybridized carbons (Fsp3) is 0.281. The number of benzene rings is 3. The summed E-state index contributed by atoms with van der Waals surface area (Å²) in [6, 6.07) is 18.5. The lowest BCUT2D eigenvalue weighted by Crippen LogP contribution is -2.13. The van der Waals surface area contributed by atoms with Gasteiger partial charge in [0.2, 0.25) is 0 Å². The Hall–Kier alpha value is -4.11. The van der Waals surface area contributed by atoms with E-state index in [1.54, 1.807) is 66.7 Å². The number of nitrogens with one attached hydrogen (secondary N) is 1. The number of unbranched alkanes of at least 4 members (excludes halogenated alkanes) is 3. The molecule has 0 saturated carbocycles. The fourth-order valence-electron chi connectivity index (χ4n) is 3.58. The van der Waals surface area contributed by atoms with E-state index in [0.29, 0.717) is 71.2 Å². The number of amides is 1. The Morgan fingerprint density at radius 1 is 0.780 bits per heavy atom. The SMILES string of the molecule is C=CC(=O)OCCCCOc1ccc(C(=O)Nc2ccc(OC(=O)c3ccc(OCCCCC)cc3)cc2Br)cc1. The second-order valence-corrected chi connectivity index (χ2v) is 9.87. The summed E-state index contributed by atoms with van der Waals surface area (Å²) >= 11 is 3.43. The first-order chi connectivity index (χ1) is 19.9. The third-order valence-corrected chi connectivity index (χ3v) is 6.50. The predicted molar refractivity (Wildman–Crippen MR) is 161 cm³/mol. The van der Waals surface area contributed by atoms with Crippen LogP contribution in [0.3, 0.4) is 0 Å². The number of rotatable bonds is 16. The molecule has 0 radical (unpaired) electrons. The van der Waals surface area contributed by atoms with Gasteiger partial charge in [0.25, 0.3) is 5.91 Å². The monoisotopic (exact) mass is 623 g/mol. The summed E-state index contributed by atoms with van der Waals surface area (Å²) in [5, 5.41) is 2.84. The normalized spacial score (nSPS) is 10.4. The number of hydrogen-bond acceptors (Lipinski definition) is 7. The van der Waals surface area contributed by atoms with E-state index >= 15 is 0 Å². The van der Waals surface area contributed by atoms with Crippen molar-refractivity contribution >= 4 is 39.5 Å². The Morgan fingerprint density at radius 2 is 1.34 bits per heavy atom. The van der Waals surface area contributed by atoms with Crippen LogP contribution in [0.4, 0.5) is 5.69 Å². The molecule has 0 aliphatic carbocycles. The van der Waals surface area contributed by atoms with Crippen molar-refractivity contribution in [1.29, 1.82) is 0 Å². The van der Waals surface area contributed by atoms with E-state index in [1.165, 1.54) is 0 Å². The third kappa shape index (κ3) is 10.8. The molecule has 0 atom stereocenters. The molecular weight excluding hydrogens is 590 g/mol. The smallest absolute Gasteiger partial charge is 0.343 e. The van der Waals surface area contributed by atoms with E-state index in [0.717, 1.165) is 25.3 Å². The summed E-state index contributed by atoms with van der Waals surface area (Å²) in [6.45, 7) is 6.90. The number of anilines is 1. The van der Waals surface area contributed by atoms with Gasteiger partial charge in [-0.3, -0.25) is 4.79 Å². The number of halogens is 1. The Labute approximate surface area is 248 Å². The number of esters is 2. The molecule has 0 bridgehead atoms. The zero-order chi connectivity index (χ0) is 29.5. The van der Waals surface area contributed by atoms with Gasteiger partial charge in [-0.1, -0.05) is 26.3 Å². The van der Waals surface area contributed by atoms with Crippen LogP contribution in [0.2, 0.25) is 0 Å². The van der Waals surface area contributed by atoms with Crippen LogP contribution in [0.1, 0.15) is 59.7 Å². The molecular formula is C32H34BrNO7.